The molecular weight excluding hydrogens is 348 g/mol. The topological polar surface area (TPSA) is 34.0 Å². The van der Waals surface area contributed by atoms with Gasteiger partial charge in [0.05, 0.1) is 6.54 Å². The van der Waals surface area contributed by atoms with Gasteiger partial charge in [-0.25, -0.2) is 0 Å². The highest BCUT2D eigenvalue weighted by molar-refractivity contribution is 9.10. The Bertz CT molecular complexity index is 749. The van der Waals surface area contributed by atoms with Crippen LogP contribution in [0.5, 0.6) is 0 Å². The Morgan fingerprint density at radius 2 is 2.14 bits per heavy atom. The summed E-state index contributed by atoms with van der Waals surface area (Å²) in [7, 11) is 0. The average Bonchev–Trinajstić information content (AvgIpc) is 3.13. The summed E-state index contributed by atoms with van der Waals surface area (Å²) in [6, 6.07) is 12.2. The van der Waals surface area contributed by atoms with Crippen molar-refractivity contribution in [3.05, 3.63) is 57.3 Å². The maximum absolute atomic E-state index is 11.9. The van der Waals surface area contributed by atoms with Crippen LogP contribution in [0.3, 0.4) is 0 Å². The van der Waals surface area contributed by atoms with Crippen molar-refractivity contribution in [3.63, 3.8) is 0 Å². The van der Waals surface area contributed by atoms with Gasteiger partial charge in [-0.05, 0) is 29.6 Å². The number of nitrogens with zero attached hydrogens (tertiary/aromatic N) is 1. The molecule has 0 spiro atoms. The van der Waals surface area contributed by atoms with E-state index in [-0.39, 0.29) is 5.91 Å². The largest absolute Gasteiger partial charge is 0.351 e. The van der Waals surface area contributed by atoms with Gasteiger partial charge >= 0.3 is 0 Å². The van der Waals surface area contributed by atoms with Crippen LogP contribution in [0.25, 0.3) is 10.9 Å². The Hall–Kier alpha value is -1.59. The summed E-state index contributed by atoms with van der Waals surface area (Å²) in [5, 5.41) is 6.15. The van der Waals surface area contributed by atoms with E-state index < -0.39 is 0 Å². The summed E-state index contributed by atoms with van der Waals surface area (Å²) in [6.45, 7) is 1.31. The highest BCUT2D eigenvalue weighted by Crippen LogP contribution is 2.24. The van der Waals surface area contributed by atoms with E-state index in [0.29, 0.717) is 19.5 Å². The van der Waals surface area contributed by atoms with Gasteiger partial charge in [0, 0.05) is 39.4 Å². The molecule has 0 fully saturated rings. The summed E-state index contributed by atoms with van der Waals surface area (Å²) < 4.78 is 3.20. The predicted molar refractivity (Wildman–Crippen MR) is 90.4 cm³/mol. The van der Waals surface area contributed by atoms with Gasteiger partial charge in [-0.2, -0.15) is 0 Å². The predicted octanol–water partition coefficient (Wildman–Crippen LogP) is 4.17. The zero-order valence-corrected chi connectivity index (χ0v) is 13.8. The van der Waals surface area contributed by atoms with Crippen LogP contribution in [0.15, 0.2) is 52.4 Å². The highest BCUT2D eigenvalue weighted by Gasteiger charge is 2.06. The number of aromatic nitrogens is 1. The second-order valence-electron chi connectivity index (χ2n) is 4.79. The van der Waals surface area contributed by atoms with E-state index in [1.165, 1.54) is 10.3 Å². The lowest BCUT2D eigenvalue weighted by Gasteiger charge is -2.07. The molecule has 0 bridgehead atoms. The third kappa shape index (κ3) is 3.36. The lowest BCUT2D eigenvalue weighted by molar-refractivity contribution is -0.121. The molecule has 21 heavy (non-hydrogen) atoms. The monoisotopic (exact) mass is 362 g/mol. The van der Waals surface area contributed by atoms with Crippen molar-refractivity contribution in [3.8, 4) is 0 Å². The smallest absolute Gasteiger partial charge is 0.222 e. The van der Waals surface area contributed by atoms with Gasteiger partial charge in [0.25, 0.3) is 0 Å². The van der Waals surface area contributed by atoms with Crippen molar-refractivity contribution in [1.29, 1.82) is 0 Å². The summed E-state index contributed by atoms with van der Waals surface area (Å²) in [6.07, 6.45) is 2.52. The second-order valence-corrected chi connectivity index (χ2v) is 6.67. The van der Waals surface area contributed by atoms with E-state index >= 15 is 0 Å². The van der Waals surface area contributed by atoms with Crippen LogP contribution in [-0.4, -0.2) is 10.5 Å². The molecule has 3 aromatic rings. The molecular formula is C16H15BrN2OS. The normalized spacial score (nSPS) is 10.9. The fourth-order valence-electron chi connectivity index (χ4n) is 2.29. The maximum Gasteiger partial charge on any atom is 0.222 e. The Balaban J connectivity index is 1.59. The van der Waals surface area contributed by atoms with Crippen molar-refractivity contribution in [2.75, 3.05) is 0 Å². The minimum atomic E-state index is 0.0836. The van der Waals surface area contributed by atoms with E-state index in [2.05, 4.69) is 37.9 Å². The minimum Gasteiger partial charge on any atom is -0.351 e. The highest BCUT2D eigenvalue weighted by atomic mass is 79.9. The molecule has 0 saturated carbocycles. The molecule has 3 rings (SSSR count). The number of nitrogens with one attached hydrogen (secondary N) is 1. The number of benzene rings is 1. The Morgan fingerprint density at radius 3 is 2.95 bits per heavy atom. The van der Waals surface area contributed by atoms with Crippen molar-refractivity contribution in [2.24, 2.45) is 0 Å². The average molecular weight is 363 g/mol. The molecule has 0 aliphatic carbocycles. The van der Waals surface area contributed by atoms with Gasteiger partial charge in [0.1, 0.15) is 0 Å². The van der Waals surface area contributed by atoms with E-state index in [9.17, 15) is 4.79 Å². The van der Waals surface area contributed by atoms with E-state index in [0.717, 1.165) is 9.99 Å². The van der Waals surface area contributed by atoms with Crippen LogP contribution in [-0.2, 0) is 17.9 Å². The van der Waals surface area contributed by atoms with Crippen molar-refractivity contribution >= 4 is 44.1 Å². The Kier molecular flexibility index (Phi) is 4.41. The number of hydrogen-bond acceptors (Lipinski definition) is 2. The number of rotatable bonds is 5. The summed E-state index contributed by atoms with van der Waals surface area (Å²) in [5.74, 6) is 0.0836. The quantitative estimate of drug-likeness (QED) is 0.725. The van der Waals surface area contributed by atoms with Crippen molar-refractivity contribution < 1.29 is 4.79 Å². The number of carbonyl (C=O) groups excluding carboxylic acids is 1. The number of carbonyl (C=O) groups is 1. The molecule has 2 heterocycles. The van der Waals surface area contributed by atoms with E-state index in [1.807, 2.05) is 35.8 Å². The number of aryl methyl sites for hydroxylation is 1. The standard InChI is InChI=1S/C16H15BrN2OS/c17-14-4-1-5-15-13(14)6-8-19(15)9-7-16(20)18-11-12-3-2-10-21-12/h1-6,8,10H,7,9,11H2,(H,18,20). The first-order valence-electron chi connectivity index (χ1n) is 6.76. The summed E-state index contributed by atoms with van der Waals surface area (Å²) in [4.78, 5) is 13.1. The van der Waals surface area contributed by atoms with Crippen LogP contribution in [0.4, 0.5) is 0 Å². The number of halogens is 1. The molecule has 1 aromatic carbocycles. The van der Waals surface area contributed by atoms with Gasteiger partial charge in [-0.1, -0.05) is 28.1 Å². The SMILES string of the molecule is O=C(CCn1ccc2c(Br)cccc21)NCc1cccs1. The zero-order chi connectivity index (χ0) is 14.7. The lowest BCUT2D eigenvalue weighted by atomic mass is 10.2. The maximum atomic E-state index is 11.9. The fraction of sp³-hybridized carbons (Fsp3) is 0.188. The first-order chi connectivity index (χ1) is 10.2. The number of amides is 1. The van der Waals surface area contributed by atoms with Gasteiger partial charge in [0.15, 0.2) is 0 Å². The van der Waals surface area contributed by atoms with Crippen LogP contribution in [0.2, 0.25) is 0 Å². The second kappa shape index (κ2) is 6.45. The molecule has 0 radical (unpaired) electrons. The summed E-state index contributed by atoms with van der Waals surface area (Å²) >= 11 is 5.20. The fourth-order valence-corrected chi connectivity index (χ4v) is 3.42. The molecule has 0 saturated heterocycles. The third-order valence-corrected chi connectivity index (χ3v) is 4.95. The van der Waals surface area contributed by atoms with Gasteiger partial charge in [-0.15, -0.1) is 11.3 Å². The van der Waals surface area contributed by atoms with E-state index in [4.69, 9.17) is 0 Å². The molecule has 3 nitrogen and oxygen atoms in total. The summed E-state index contributed by atoms with van der Waals surface area (Å²) in [5.41, 5.74) is 1.15. The van der Waals surface area contributed by atoms with Crippen LogP contribution >= 0.6 is 27.3 Å². The molecule has 0 aliphatic rings. The molecule has 0 atom stereocenters. The van der Waals surface area contributed by atoms with Gasteiger partial charge < -0.3 is 9.88 Å². The van der Waals surface area contributed by atoms with Gasteiger partial charge in [0.2, 0.25) is 5.91 Å². The number of fused-ring (bicyclic) bond motifs is 1. The lowest BCUT2D eigenvalue weighted by Crippen LogP contribution is -2.23. The van der Waals surface area contributed by atoms with Crippen LogP contribution in [0, 0.1) is 0 Å². The zero-order valence-electron chi connectivity index (χ0n) is 11.4. The molecule has 1 amide bonds. The van der Waals surface area contributed by atoms with Gasteiger partial charge in [-0.3, -0.25) is 4.79 Å². The first kappa shape index (κ1) is 14.4. The van der Waals surface area contributed by atoms with Crippen LogP contribution in [0.1, 0.15) is 11.3 Å². The molecule has 1 N–H and O–H groups in total. The Labute approximate surface area is 135 Å². The van der Waals surface area contributed by atoms with E-state index in [1.54, 1.807) is 11.3 Å². The number of thiophene rings is 1. The molecule has 2 aromatic heterocycles. The molecule has 108 valence electrons. The van der Waals surface area contributed by atoms with Crippen molar-refractivity contribution in [1.82, 2.24) is 9.88 Å². The molecule has 0 aliphatic heterocycles. The first-order valence-corrected chi connectivity index (χ1v) is 8.44. The minimum absolute atomic E-state index is 0.0836. The van der Waals surface area contributed by atoms with Crippen LogP contribution < -0.4 is 5.32 Å². The molecule has 5 heteroatoms. The molecule has 0 unspecified atom stereocenters. The van der Waals surface area contributed by atoms with Crippen molar-refractivity contribution in [2.45, 2.75) is 19.5 Å². The number of hydrogen-bond donors (Lipinski definition) is 1. The Morgan fingerprint density at radius 1 is 1.24 bits per heavy atom. The third-order valence-electron chi connectivity index (χ3n) is 3.38.